The molecule has 0 aliphatic carbocycles. The smallest absolute Gasteiger partial charge is 0.412 e. The second kappa shape index (κ2) is 8.90. The first-order valence-electron chi connectivity index (χ1n) is 10.5. The Morgan fingerprint density at radius 2 is 1.66 bits per heavy atom. The van der Waals surface area contributed by atoms with Gasteiger partial charge in [0.25, 0.3) is 0 Å². The third-order valence-electron chi connectivity index (χ3n) is 5.58. The van der Waals surface area contributed by atoms with Gasteiger partial charge >= 0.3 is 6.09 Å². The van der Waals surface area contributed by atoms with Crippen molar-refractivity contribution in [2.24, 2.45) is 4.99 Å². The topological polar surface area (TPSA) is 63.2 Å². The molecule has 1 atom stereocenters. The fourth-order valence-electron chi connectivity index (χ4n) is 3.92. The molecule has 1 unspecified atom stereocenters. The quantitative estimate of drug-likeness (QED) is 0.276. The van der Waals surface area contributed by atoms with Gasteiger partial charge in [0, 0.05) is 31.3 Å². The largest absolute Gasteiger partial charge is 0.451 e. The first-order chi connectivity index (χ1) is 16.8. The molecule has 11 heteroatoms. The van der Waals surface area contributed by atoms with Crippen LogP contribution in [0.25, 0.3) is 0 Å². The number of hydrogen-bond acceptors (Lipinski definition) is 5. The number of nitrogens with one attached hydrogen (secondary N) is 1. The summed E-state index contributed by atoms with van der Waals surface area (Å²) in [7, 11) is 0. The van der Waals surface area contributed by atoms with Gasteiger partial charge in [0.15, 0.2) is 6.10 Å². The molecular weight excluding hydrogens is 473 g/mol. The normalized spacial score (nSPS) is 16.3. The van der Waals surface area contributed by atoms with Crippen molar-refractivity contribution < 1.29 is 36.2 Å². The van der Waals surface area contributed by atoms with Crippen LogP contribution in [0.2, 0.25) is 0 Å². The molecule has 2 aliphatic rings. The molecule has 1 amide bonds. The van der Waals surface area contributed by atoms with Gasteiger partial charge in [-0.15, -0.1) is 0 Å². The summed E-state index contributed by atoms with van der Waals surface area (Å²) in [6.45, 7) is 1.32. The van der Waals surface area contributed by atoms with E-state index in [-0.39, 0.29) is 11.4 Å². The molecule has 35 heavy (non-hydrogen) atoms. The second-order valence-corrected chi connectivity index (χ2v) is 7.86. The minimum absolute atomic E-state index is 0.113. The summed E-state index contributed by atoms with van der Waals surface area (Å²) in [5.41, 5.74) is 2.00. The molecule has 3 aromatic rings. The minimum Gasteiger partial charge on any atom is -0.451 e. The summed E-state index contributed by atoms with van der Waals surface area (Å²) in [5, 5.41) is 2.46. The Balaban J connectivity index is 1.29. The predicted molar refractivity (Wildman–Crippen MR) is 115 cm³/mol. The van der Waals surface area contributed by atoms with Crippen molar-refractivity contribution in [1.29, 1.82) is 0 Å². The van der Waals surface area contributed by atoms with Crippen molar-refractivity contribution >= 4 is 23.3 Å². The molecular formula is C24H16F5N3O3. The van der Waals surface area contributed by atoms with Crippen LogP contribution in [-0.4, -0.2) is 29.5 Å². The van der Waals surface area contributed by atoms with Crippen LogP contribution in [0.1, 0.15) is 12.0 Å². The van der Waals surface area contributed by atoms with Gasteiger partial charge in [0.1, 0.15) is 11.6 Å². The number of nitrogens with zero attached hydrogens (tertiary/aromatic N) is 2. The number of amidine groups is 1. The number of halogens is 5. The number of carbonyl (C=O) groups is 1. The predicted octanol–water partition coefficient (Wildman–Crippen LogP) is 6.04. The third kappa shape index (κ3) is 4.25. The summed E-state index contributed by atoms with van der Waals surface area (Å²) < 4.78 is 78.3. The maximum Gasteiger partial charge on any atom is 0.412 e. The zero-order chi connectivity index (χ0) is 24.7. The first kappa shape index (κ1) is 22.6. The van der Waals surface area contributed by atoms with E-state index in [0.717, 1.165) is 17.3 Å². The molecule has 1 N–H and O–H groups in total. The average molecular weight is 489 g/mol. The highest BCUT2D eigenvalue weighted by Crippen LogP contribution is 2.34. The van der Waals surface area contributed by atoms with E-state index in [1.165, 1.54) is 18.2 Å². The Kier molecular flexibility index (Phi) is 5.75. The van der Waals surface area contributed by atoms with Gasteiger partial charge < -0.3 is 14.4 Å². The Hall–Kier alpha value is -4.15. The third-order valence-corrected chi connectivity index (χ3v) is 5.58. The molecule has 0 bridgehead atoms. The zero-order valence-electron chi connectivity index (χ0n) is 17.8. The number of fused-ring (bicyclic) bond motifs is 2. The highest BCUT2D eigenvalue weighted by Gasteiger charge is 2.35. The number of ether oxygens (including phenoxy) is 2. The lowest BCUT2D eigenvalue weighted by Crippen LogP contribution is -2.34. The van der Waals surface area contributed by atoms with Gasteiger partial charge in [0.2, 0.25) is 34.8 Å². The second-order valence-electron chi connectivity index (χ2n) is 7.86. The monoisotopic (exact) mass is 489 g/mol. The van der Waals surface area contributed by atoms with Crippen LogP contribution in [0.3, 0.4) is 0 Å². The molecule has 180 valence electrons. The molecule has 3 aromatic carbocycles. The van der Waals surface area contributed by atoms with Crippen LogP contribution in [-0.2, 0) is 11.3 Å². The Morgan fingerprint density at radius 1 is 0.943 bits per heavy atom. The lowest BCUT2D eigenvalue weighted by molar-refractivity contribution is 0.143. The number of hydrogen-bond donors (Lipinski definition) is 1. The Labute approximate surface area is 195 Å². The number of carbonyl (C=O) groups excluding carboxylic acids is 1. The maximum absolute atomic E-state index is 13.9. The number of amides is 1. The van der Waals surface area contributed by atoms with Gasteiger partial charge in [-0.25, -0.2) is 23.0 Å². The van der Waals surface area contributed by atoms with Crippen LogP contribution >= 0.6 is 0 Å². The van der Waals surface area contributed by atoms with Gasteiger partial charge in [-0.1, -0.05) is 24.3 Å². The minimum atomic E-state index is -2.29. The first-order valence-corrected chi connectivity index (χ1v) is 10.5. The zero-order valence-corrected chi connectivity index (χ0v) is 17.8. The van der Waals surface area contributed by atoms with Crippen molar-refractivity contribution in [2.75, 3.05) is 11.9 Å². The van der Waals surface area contributed by atoms with Crippen molar-refractivity contribution in [3.05, 3.63) is 83.2 Å². The number of para-hydroxylation sites is 1. The van der Waals surface area contributed by atoms with Crippen LogP contribution in [0, 0.1) is 29.1 Å². The van der Waals surface area contributed by atoms with Gasteiger partial charge in [-0.3, -0.25) is 5.32 Å². The Bertz CT molecular complexity index is 1340. The lowest BCUT2D eigenvalue weighted by Gasteiger charge is -2.26. The van der Waals surface area contributed by atoms with Crippen molar-refractivity contribution in [3.63, 3.8) is 0 Å². The van der Waals surface area contributed by atoms with Gasteiger partial charge in [-0.05, 0) is 23.8 Å². The summed E-state index contributed by atoms with van der Waals surface area (Å²) in [6.07, 6.45) is -0.841. The fourth-order valence-corrected chi connectivity index (χ4v) is 3.92. The number of anilines is 1. The van der Waals surface area contributed by atoms with E-state index >= 15 is 0 Å². The molecule has 0 radical (unpaired) electrons. The fraction of sp³-hybridized carbons (Fsp3) is 0.167. The molecule has 0 spiro atoms. The summed E-state index contributed by atoms with van der Waals surface area (Å²) in [6, 6.07) is 12.8. The summed E-state index contributed by atoms with van der Waals surface area (Å²) in [4.78, 5) is 19.1. The van der Waals surface area contributed by atoms with E-state index in [1.807, 2.05) is 29.2 Å². The average Bonchev–Trinajstić information content (AvgIpc) is 3.24. The van der Waals surface area contributed by atoms with Crippen LogP contribution in [0.15, 0.2) is 53.5 Å². The lowest BCUT2D eigenvalue weighted by atomic mass is 10.1. The maximum atomic E-state index is 13.9. The molecule has 5 rings (SSSR count). The van der Waals surface area contributed by atoms with E-state index < -0.39 is 47.0 Å². The number of benzene rings is 3. The SMILES string of the molecule is O=C(Nc1cccc(Oc2c(F)c(F)c(F)c(F)c2F)c1)OC1CCN2Cc3ccccc3N=C12. The van der Waals surface area contributed by atoms with E-state index in [1.54, 1.807) is 0 Å². The van der Waals surface area contributed by atoms with E-state index in [4.69, 9.17) is 9.47 Å². The number of rotatable bonds is 4. The van der Waals surface area contributed by atoms with Crippen molar-refractivity contribution in [2.45, 2.75) is 19.1 Å². The van der Waals surface area contributed by atoms with E-state index in [0.29, 0.717) is 25.3 Å². The van der Waals surface area contributed by atoms with Crippen molar-refractivity contribution in [3.8, 4) is 11.5 Å². The highest BCUT2D eigenvalue weighted by molar-refractivity contribution is 5.95. The standard InChI is InChI=1S/C24H16F5N3O3/c25-17-18(26)20(28)22(21(29)19(17)27)34-14-6-3-5-13(10-14)30-24(33)35-16-8-9-32-11-12-4-1-2-7-15(12)31-23(16)32/h1-7,10,16H,8-9,11H2,(H,30,33). The van der Waals surface area contributed by atoms with Crippen LogP contribution in [0.5, 0.6) is 11.5 Å². The summed E-state index contributed by atoms with van der Waals surface area (Å²) in [5.74, 6) is -11.9. The van der Waals surface area contributed by atoms with Gasteiger partial charge in [0.05, 0.1) is 5.69 Å². The molecule has 6 nitrogen and oxygen atoms in total. The molecule has 1 fully saturated rings. The van der Waals surface area contributed by atoms with Gasteiger partial charge in [-0.2, -0.15) is 8.78 Å². The molecule has 2 aliphatic heterocycles. The highest BCUT2D eigenvalue weighted by atomic mass is 19.2. The van der Waals surface area contributed by atoms with Crippen LogP contribution < -0.4 is 10.1 Å². The number of aliphatic imine (C=N–C) groups is 1. The molecule has 0 saturated carbocycles. The van der Waals surface area contributed by atoms with E-state index in [2.05, 4.69) is 10.3 Å². The van der Waals surface area contributed by atoms with E-state index in [9.17, 15) is 26.7 Å². The molecule has 0 aromatic heterocycles. The summed E-state index contributed by atoms with van der Waals surface area (Å²) >= 11 is 0. The Morgan fingerprint density at radius 3 is 2.43 bits per heavy atom. The van der Waals surface area contributed by atoms with Crippen LogP contribution in [0.4, 0.5) is 38.1 Å². The van der Waals surface area contributed by atoms with Crippen molar-refractivity contribution in [1.82, 2.24) is 4.90 Å². The molecule has 1 saturated heterocycles. The molecule has 2 heterocycles.